The largest absolute Gasteiger partial charge is 0.340 e. The van der Waals surface area contributed by atoms with E-state index >= 15 is 0 Å². The van der Waals surface area contributed by atoms with Gasteiger partial charge in [-0.3, -0.25) is 4.79 Å². The minimum atomic E-state index is -3.32. The molecular weight excluding hydrogens is 312 g/mol. The highest BCUT2D eigenvalue weighted by molar-refractivity contribution is 7.92. The van der Waals surface area contributed by atoms with Gasteiger partial charge in [-0.25, -0.2) is 8.42 Å². The van der Waals surface area contributed by atoms with Gasteiger partial charge in [-0.1, -0.05) is 18.2 Å². The predicted molar refractivity (Wildman–Crippen MR) is 88.8 cm³/mol. The van der Waals surface area contributed by atoms with Gasteiger partial charge in [0.1, 0.15) is 0 Å². The van der Waals surface area contributed by atoms with Crippen LogP contribution in [0.15, 0.2) is 35.2 Å². The third kappa shape index (κ3) is 3.43. The van der Waals surface area contributed by atoms with Gasteiger partial charge in [0, 0.05) is 32.1 Å². The molecule has 1 aromatic carbocycles. The highest BCUT2D eigenvalue weighted by Crippen LogP contribution is 2.34. The molecule has 5 nitrogen and oxygen atoms in total. The number of carbonyl (C=O) groups excluding carboxylic acids is 1. The Kier molecular flexibility index (Phi) is 4.73. The summed E-state index contributed by atoms with van der Waals surface area (Å²) in [4.78, 5) is 17.1. The molecule has 2 aliphatic rings. The van der Waals surface area contributed by atoms with Crippen molar-refractivity contribution in [3.8, 4) is 0 Å². The molecule has 1 amide bonds. The summed E-state index contributed by atoms with van der Waals surface area (Å²) in [5.74, 6) is 0.00533. The number of carbonyl (C=O) groups is 1. The molecule has 0 N–H and O–H groups in total. The smallest absolute Gasteiger partial charge is 0.225 e. The quantitative estimate of drug-likeness (QED) is 0.837. The van der Waals surface area contributed by atoms with E-state index in [1.165, 1.54) is 0 Å². The number of hydrogen-bond acceptors (Lipinski definition) is 4. The average Bonchev–Trinajstić information content (AvgIpc) is 3.06. The van der Waals surface area contributed by atoms with Gasteiger partial charge in [-0.05, 0) is 38.4 Å². The summed E-state index contributed by atoms with van der Waals surface area (Å²) in [6.45, 7) is 3.29. The number of nitrogens with zero attached hydrogens (tertiary/aromatic N) is 2. The standard InChI is InChI=1S/C17H24N2O3S/c1-18-9-11-19(12-10-18)17(20)14-7-8-16(13-14)23(21,22)15-5-3-2-4-6-15/h2-6,14,16H,7-13H2,1H3/t14-,16-/m1/s1. The van der Waals surface area contributed by atoms with E-state index in [0.29, 0.717) is 24.2 Å². The average molecular weight is 336 g/mol. The van der Waals surface area contributed by atoms with Gasteiger partial charge in [0.15, 0.2) is 9.84 Å². The van der Waals surface area contributed by atoms with Crippen LogP contribution < -0.4 is 0 Å². The maximum absolute atomic E-state index is 12.7. The molecule has 1 saturated carbocycles. The second kappa shape index (κ2) is 6.61. The molecule has 1 aliphatic heterocycles. The predicted octanol–water partition coefficient (Wildman–Crippen LogP) is 1.40. The normalized spacial score (nSPS) is 26.4. The van der Waals surface area contributed by atoms with Gasteiger partial charge in [-0.2, -0.15) is 0 Å². The number of piperazine rings is 1. The summed E-state index contributed by atoms with van der Waals surface area (Å²) >= 11 is 0. The molecule has 1 saturated heterocycles. The molecule has 1 aromatic rings. The van der Waals surface area contributed by atoms with E-state index < -0.39 is 15.1 Å². The van der Waals surface area contributed by atoms with E-state index in [1.807, 2.05) is 11.0 Å². The maximum atomic E-state index is 12.7. The van der Waals surface area contributed by atoms with Crippen molar-refractivity contribution in [3.63, 3.8) is 0 Å². The molecule has 3 rings (SSSR count). The summed E-state index contributed by atoms with van der Waals surface area (Å²) in [6.07, 6.45) is 1.73. The molecule has 0 bridgehead atoms. The van der Waals surface area contributed by atoms with Crippen LogP contribution in [-0.2, 0) is 14.6 Å². The molecule has 0 aromatic heterocycles. The van der Waals surface area contributed by atoms with Crippen LogP contribution in [-0.4, -0.2) is 62.6 Å². The van der Waals surface area contributed by atoms with E-state index in [0.717, 1.165) is 26.2 Å². The highest BCUT2D eigenvalue weighted by atomic mass is 32.2. The van der Waals surface area contributed by atoms with Crippen LogP contribution in [0.25, 0.3) is 0 Å². The lowest BCUT2D eigenvalue weighted by atomic mass is 10.1. The topological polar surface area (TPSA) is 57.7 Å². The molecule has 0 radical (unpaired) electrons. The Morgan fingerprint density at radius 2 is 1.70 bits per heavy atom. The summed E-state index contributed by atoms with van der Waals surface area (Å²) in [6, 6.07) is 8.59. The van der Waals surface area contributed by atoms with Crippen LogP contribution >= 0.6 is 0 Å². The molecule has 1 aliphatic carbocycles. The first-order valence-corrected chi connectivity index (χ1v) is 9.79. The Morgan fingerprint density at radius 3 is 2.35 bits per heavy atom. The Balaban J connectivity index is 1.65. The van der Waals surface area contributed by atoms with Crippen molar-refractivity contribution in [1.29, 1.82) is 0 Å². The molecule has 2 fully saturated rings. The monoisotopic (exact) mass is 336 g/mol. The van der Waals surface area contributed by atoms with Gasteiger partial charge in [0.05, 0.1) is 10.1 Å². The lowest BCUT2D eigenvalue weighted by molar-refractivity contribution is -0.136. The van der Waals surface area contributed by atoms with Crippen molar-refractivity contribution in [3.05, 3.63) is 30.3 Å². The number of rotatable bonds is 3. The van der Waals surface area contributed by atoms with Gasteiger partial charge in [0.2, 0.25) is 5.91 Å². The van der Waals surface area contributed by atoms with Crippen LogP contribution in [0.5, 0.6) is 0 Å². The van der Waals surface area contributed by atoms with Crippen LogP contribution in [0.4, 0.5) is 0 Å². The molecule has 2 atom stereocenters. The number of amides is 1. The zero-order valence-corrected chi connectivity index (χ0v) is 14.3. The van der Waals surface area contributed by atoms with Crippen molar-refractivity contribution in [2.75, 3.05) is 33.2 Å². The molecule has 1 heterocycles. The zero-order valence-electron chi connectivity index (χ0n) is 13.5. The summed E-state index contributed by atoms with van der Waals surface area (Å²) < 4.78 is 25.4. The molecule has 0 spiro atoms. The molecular formula is C17H24N2O3S. The van der Waals surface area contributed by atoms with Crippen molar-refractivity contribution >= 4 is 15.7 Å². The Bertz CT molecular complexity index is 652. The summed E-state index contributed by atoms with van der Waals surface area (Å²) in [5.41, 5.74) is 0. The Labute approximate surface area is 138 Å². The Morgan fingerprint density at radius 1 is 1.04 bits per heavy atom. The van der Waals surface area contributed by atoms with E-state index in [1.54, 1.807) is 24.3 Å². The van der Waals surface area contributed by atoms with Crippen LogP contribution in [0.3, 0.4) is 0 Å². The number of hydrogen-bond donors (Lipinski definition) is 0. The van der Waals surface area contributed by atoms with Crippen LogP contribution in [0.1, 0.15) is 19.3 Å². The van der Waals surface area contributed by atoms with Crippen LogP contribution in [0.2, 0.25) is 0 Å². The fraction of sp³-hybridized carbons (Fsp3) is 0.588. The first kappa shape index (κ1) is 16.5. The minimum absolute atomic E-state index is 0.137. The first-order valence-electron chi connectivity index (χ1n) is 8.25. The summed E-state index contributed by atoms with van der Waals surface area (Å²) in [7, 11) is -1.27. The molecule has 126 valence electrons. The maximum Gasteiger partial charge on any atom is 0.225 e. The van der Waals surface area contributed by atoms with Crippen molar-refractivity contribution in [2.24, 2.45) is 5.92 Å². The van der Waals surface area contributed by atoms with Gasteiger partial charge in [-0.15, -0.1) is 0 Å². The van der Waals surface area contributed by atoms with Gasteiger partial charge in [0.25, 0.3) is 0 Å². The number of benzene rings is 1. The van der Waals surface area contributed by atoms with Crippen LogP contribution in [0, 0.1) is 5.92 Å². The third-order valence-corrected chi connectivity index (χ3v) is 7.29. The SMILES string of the molecule is CN1CCN(C(=O)[C@@H]2CC[C@@H](S(=O)(=O)c3ccccc3)C2)CC1. The lowest BCUT2D eigenvalue weighted by Crippen LogP contribution is -2.48. The van der Waals surface area contributed by atoms with E-state index in [2.05, 4.69) is 11.9 Å². The van der Waals surface area contributed by atoms with Crippen molar-refractivity contribution in [2.45, 2.75) is 29.4 Å². The third-order valence-electron chi connectivity index (χ3n) is 5.06. The fourth-order valence-electron chi connectivity index (χ4n) is 3.53. The van der Waals surface area contributed by atoms with Gasteiger partial charge >= 0.3 is 0 Å². The lowest BCUT2D eigenvalue weighted by Gasteiger charge is -2.34. The summed E-state index contributed by atoms with van der Waals surface area (Å²) in [5, 5.41) is -0.425. The van der Waals surface area contributed by atoms with Gasteiger partial charge < -0.3 is 9.80 Å². The first-order chi connectivity index (χ1) is 11.0. The van der Waals surface area contributed by atoms with Crippen molar-refractivity contribution < 1.29 is 13.2 Å². The minimum Gasteiger partial charge on any atom is -0.340 e. The second-order valence-electron chi connectivity index (χ2n) is 6.62. The van der Waals surface area contributed by atoms with E-state index in [4.69, 9.17) is 0 Å². The Hall–Kier alpha value is -1.40. The van der Waals surface area contributed by atoms with E-state index in [-0.39, 0.29) is 11.8 Å². The highest BCUT2D eigenvalue weighted by Gasteiger charge is 2.39. The zero-order chi connectivity index (χ0) is 16.4. The molecule has 23 heavy (non-hydrogen) atoms. The van der Waals surface area contributed by atoms with E-state index in [9.17, 15) is 13.2 Å². The second-order valence-corrected chi connectivity index (χ2v) is 8.85. The molecule has 0 unspecified atom stereocenters. The van der Waals surface area contributed by atoms with Crippen molar-refractivity contribution in [1.82, 2.24) is 9.80 Å². The number of sulfone groups is 1. The number of likely N-dealkylation sites (N-methyl/N-ethyl adjacent to an activating group) is 1. The fourth-order valence-corrected chi connectivity index (χ4v) is 5.39. The molecule has 6 heteroatoms.